The van der Waals surface area contributed by atoms with Gasteiger partial charge in [-0.15, -0.1) is 0 Å². The fraction of sp³-hybridized carbons (Fsp3) is 0. The Bertz CT molecular complexity index is 29.0. The van der Waals surface area contributed by atoms with E-state index < -0.39 is 0 Å². The van der Waals surface area contributed by atoms with Gasteiger partial charge in [-0.05, 0) is 12.2 Å². The minimum absolute atomic E-state index is 0. The van der Waals surface area contributed by atoms with E-state index in [9.17, 15) is 0 Å². The van der Waals surface area contributed by atoms with E-state index in [2.05, 4.69) is 12.2 Å². The Labute approximate surface area is 28.5 Å². The summed E-state index contributed by atoms with van der Waals surface area (Å²) in [6, 6.07) is 0. The van der Waals surface area contributed by atoms with Gasteiger partial charge >= 0.3 is 0 Å². The summed E-state index contributed by atoms with van der Waals surface area (Å²) in [7, 11) is 0. The normalized spacial score (nSPS) is 2.00. The van der Waals surface area contributed by atoms with E-state index in [0.29, 0.717) is 0 Å². The van der Waals surface area contributed by atoms with E-state index in [-0.39, 0.29) is 4.70 Å². The first-order valence-corrected chi connectivity index (χ1v) is 0.862. The molecule has 0 heterocycles. The number of hydrogen-bond donors (Lipinski definition) is 1. The minimum Gasteiger partial charge on any atom is -0.269 e. The van der Waals surface area contributed by atoms with Gasteiger partial charge in [-0.3, -0.25) is 4.70 Å². The third kappa shape index (κ3) is 12.6. The van der Waals surface area contributed by atoms with Crippen molar-refractivity contribution in [3.63, 3.8) is 0 Å². The van der Waals surface area contributed by atoms with Crippen LogP contribution < -0.4 is 0 Å². The molecule has 0 aliphatic heterocycles. The molecule has 0 aromatic carbocycles. The van der Waals surface area contributed by atoms with E-state index in [0.717, 1.165) is 0 Å². The summed E-state index contributed by atoms with van der Waals surface area (Å²) in [5.41, 5.74) is 0. The number of halogens is 1. The lowest BCUT2D eigenvalue weighted by atomic mass is 11.8. The first-order chi connectivity index (χ1) is 1.41. The fourth-order valence-corrected chi connectivity index (χ4v) is 0. The zero-order valence-electron chi connectivity index (χ0n) is 1.82. The van der Waals surface area contributed by atoms with Gasteiger partial charge in [0.15, 0.2) is 0 Å². The molecule has 0 bridgehead atoms. The number of nitrogens with one attached hydrogen (secondary N) is 1. The topological polar surface area (TPSA) is 23.9 Å². The van der Waals surface area contributed by atoms with Crippen molar-refractivity contribution in [2.24, 2.45) is 0 Å². The smallest absolute Gasteiger partial charge is 0.0554 e. The van der Waals surface area contributed by atoms with Crippen LogP contribution in [0.15, 0.2) is 0 Å². The minimum atomic E-state index is 0. The molecule has 0 spiro atoms. The van der Waals surface area contributed by atoms with Gasteiger partial charge in [-0.1, -0.05) is 0 Å². The van der Waals surface area contributed by atoms with Crippen LogP contribution in [0.25, 0.3) is 0 Å². The third-order valence-corrected chi connectivity index (χ3v) is 0. The Morgan fingerprint density at radius 2 is 1.75 bits per heavy atom. The Morgan fingerprint density at radius 3 is 1.75 bits per heavy atom. The lowest BCUT2D eigenvalue weighted by Crippen LogP contribution is -1.03. The van der Waals surface area contributed by atoms with E-state index in [1.165, 1.54) is 0 Å². The highest BCUT2D eigenvalue weighted by Crippen LogP contribution is 1.16. The lowest BCUT2D eigenvalue weighted by Gasteiger charge is -1.05. The van der Waals surface area contributed by atoms with Crippen LogP contribution >= 0.6 is 12.2 Å². The van der Waals surface area contributed by atoms with Crippen LogP contribution in [0.1, 0.15) is 0 Å². The van der Waals surface area contributed by atoms with Crippen molar-refractivity contribution in [1.82, 2.24) is 0 Å². The van der Waals surface area contributed by atoms with Gasteiger partial charge in [-0.25, -0.2) is 5.41 Å². The van der Waals surface area contributed by atoms with Gasteiger partial charge in [-0.2, -0.15) is 0 Å². The summed E-state index contributed by atoms with van der Waals surface area (Å²) in [4.78, 5) is 0. The molecule has 0 amide bonds. The zero-order valence-corrected chi connectivity index (χ0v) is 2.63. The average molecular weight is 79.1 g/mol. The Kier molecular flexibility index (Phi) is 35.6. The molecule has 0 aliphatic rings. The maximum atomic E-state index is 5.77. The van der Waals surface area contributed by atoms with Crippen LogP contribution in [-0.4, -0.2) is 5.16 Å². The molecule has 1 nitrogen and oxygen atoms in total. The van der Waals surface area contributed by atoms with Crippen molar-refractivity contribution in [2.75, 3.05) is 0 Å². The first kappa shape index (κ1) is 9.29. The molecule has 0 saturated carbocycles. The molecule has 0 rings (SSSR count). The fourth-order valence-electron chi connectivity index (χ4n) is 0. The first-order valence-electron chi connectivity index (χ1n) is 0.454. The van der Waals surface area contributed by atoms with Crippen molar-refractivity contribution in [3.8, 4) is 0 Å². The van der Waals surface area contributed by atoms with E-state index in [1.807, 2.05) is 0 Å². The van der Waals surface area contributed by atoms with E-state index >= 15 is 0 Å². The molecule has 0 unspecified atom stereocenters. The quantitative estimate of drug-likeness (QED) is 0.337. The molecule has 0 aromatic heterocycles. The number of rotatable bonds is 0. The summed E-state index contributed by atoms with van der Waals surface area (Å²) >= 11 is 3.81. The monoisotopic (exact) mass is 79.0 g/mol. The van der Waals surface area contributed by atoms with Crippen molar-refractivity contribution < 1.29 is 4.70 Å². The second kappa shape index (κ2) is 15.3. The summed E-state index contributed by atoms with van der Waals surface area (Å²) in [6.07, 6.45) is 0. The Balaban J connectivity index is 0. The van der Waals surface area contributed by atoms with Crippen molar-refractivity contribution in [3.05, 3.63) is 0 Å². The second-order valence-corrected chi connectivity index (χ2v) is 0.306. The summed E-state index contributed by atoms with van der Waals surface area (Å²) in [5, 5.41) is 7.36. The molecule has 0 fully saturated rings. The maximum Gasteiger partial charge on any atom is 0.0554 e. The number of hydrogen-bond acceptors (Lipinski definition) is 2. The molecular weight excluding hydrogens is 77.1 g/mol. The molecule has 0 radical (unpaired) electrons. The van der Waals surface area contributed by atoms with E-state index in [4.69, 9.17) is 5.41 Å². The van der Waals surface area contributed by atoms with Gasteiger partial charge in [0.2, 0.25) is 0 Å². The predicted molar refractivity (Wildman–Crippen MR) is 17.8 cm³/mol. The van der Waals surface area contributed by atoms with Gasteiger partial charge in [0, 0.05) is 0 Å². The van der Waals surface area contributed by atoms with Crippen LogP contribution in [-0.2, 0) is 0 Å². The second-order valence-electron chi connectivity index (χ2n) is 0.102. The molecule has 0 atom stereocenters. The van der Waals surface area contributed by atoms with Crippen LogP contribution in [0.4, 0.5) is 4.70 Å². The Morgan fingerprint density at radius 1 is 1.75 bits per heavy atom. The summed E-state index contributed by atoms with van der Waals surface area (Å²) in [6.45, 7) is 0. The summed E-state index contributed by atoms with van der Waals surface area (Å²) in [5.74, 6) is 0. The highest BCUT2D eigenvalue weighted by atomic mass is 32.1. The van der Waals surface area contributed by atoms with Crippen LogP contribution in [0.5, 0.6) is 0 Å². The molecule has 0 aromatic rings. The number of isothiocyanates is 1. The molecule has 3 heteroatoms. The molecule has 0 saturated heterocycles. The molecular formula is CH2FNS. The number of thiocarbonyl (C=S) groups is 1. The largest absolute Gasteiger partial charge is 0.269 e. The van der Waals surface area contributed by atoms with Crippen molar-refractivity contribution >= 4 is 17.4 Å². The van der Waals surface area contributed by atoms with Gasteiger partial charge < -0.3 is 0 Å². The van der Waals surface area contributed by atoms with E-state index in [1.54, 1.807) is 5.16 Å². The van der Waals surface area contributed by atoms with Crippen molar-refractivity contribution in [2.45, 2.75) is 0 Å². The van der Waals surface area contributed by atoms with Crippen LogP contribution in [0, 0.1) is 5.41 Å². The molecule has 4 heavy (non-hydrogen) atoms. The van der Waals surface area contributed by atoms with Gasteiger partial charge in [0.1, 0.15) is 0 Å². The van der Waals surface area contributed by atoms with Gasteiger partial charge in [0.05, 0.1) is 5.16 Å². The van der Waals surface area contributed by atoms with Gasteiger partial charge in [0.25, 0.3) is 0 Å². The molecule has 1 N–H and O–H groups in total. The highest BCUT2D eigenvalue weighted by Gasteiger charge is 0.975. The lowest BCUT2D eigenvalue weighted by molar-refractivity contribution is 1.11. The van der Waals surface area contributed by atoms with Crippen LogP contribution in [0.2, 0.25) is 0 Å². The standard InChI is InChI=1S/CHNS.FH/c2-1-3;/h2H;1H. The van der Waals surface area contributed by atoms with Crippen molar-refractivity contribution in [1.29, 1.82) is 5.41 Å². The third-order valence-electron chi connectivity index (χ3n) is 0. The SMILES string of the molecule is F.N=C=S. The maximum absolute atomic E-state index is 5.77. The average Bonchev–Trinajstić information content (AvgIpc) is 0.918. The summed E-state index contributed by atoms with van der Waals surface area (Å²) < 4.78 is 0. The van der Waals surface area contributed by atoms with Crippen LogP contribution in [0.3, 0.4) is 0 Å². The zero-order chi connectivity index (χ0) is 2.71. The molecule has 24 valence electrons. The highest BCUT2D eigenvalue weighted by molar-refractivity contribution is 7.78. The molecule has 0 aliphatic carbocycles. The Hall–Kier alpha value is -0.270. The predicted octanol–water partition coefficient (Wildman–Crippen LogP) is 0.820.